The zero-order valence-corrected chi connectivity index (χ0v) is 8.23. The van der Waals surface area contributed by atoms with Crippen molar-refractivity contribution < 1.29 is 20.1 Å². The Labute approximate surface area is 82.7 Å². The van der Waals surface area contributed by atoms with Crippen LogP contribution < -0.4 is 5.32 Å². The van der Waals surface area contributed by atoms with Gasteiger partial charge in [0.1, 0.15) is 0 Å². The number of carbonyl (C=O) groups is 1. The van der Waals surface area contributed by atoms with E-state index in [9.17, 15) is 9.90 Å². The summed E-state index contributed by atoms with van der Waals surface area (Å²) in [4.78, 5) is 10.4. The van der Waals surface area contributed by atoms with Gasteiger partial charge in [0.15, 0.2) is 0 Å². The van der Waals surface area contributed by atoms with E-state index in [4.69, 9.17) is 10.2 Å². The number of amides is 1. The molecule has 0 unspecified atom stereocenters. The number of carboxylic acid groups (broad SMARTS) is 1. The van der Waals surface area contributed by atoms with Crippen LogP contribution in [0.1, 0.15) is 26.2 Å². The van der Waals surface area contributed by atoms with Gasteiger partial charge in [-0.1, -0.05) is 0 Å². The molecule has 0 heterocycles. The summed E-state index contributed by atoms with van der Waals surface area (Å²) in [7, 11) is 0. The highest BCUT2D eigenvalue weighted by Crippen LogP contribution is 2.31. The number of nitrogens with one attached hydrogen (secondary N) is 1. The standard InChI is InChI=1S/C9H17NO4/c1-9(14)3-2-7(10-8(12)13)6(4-9)5-11/h6-7,10-11,14H,2-5H2,1H3,(H,12,13)/t6-,7+,9+/m1/s1. The first-order valence-electron chi connectivity index (χ1n) is 4.77. The molecule has 1 fully saturated rings. The Morgan fingerprint density at radius 1 is 1.64 bits per heavy atom. The van der Waals surface area contributed by atoms with Gasteiger partial charge in [0.2, 0.25) is 0 Å². The fraction of sp³-hybridized carbons (Fsp3) is 0.889. The van der Waals surface area contributed by atoms with Crippen LogP contribution in [0.2, 0.25) is 0 Å². The first-order valence-corrected chi connectivity index (χ1v) is 4.77. The summed E-state index contributed by atoms with van der Waals surface area (Å²) in [5.74, 6) is -0.185. The van der Waals surface area contributed by atoms with E-state index in [1.165, 1.54) is 0 Å². The molecule has 5 nitrogen and oxygen atoms in total. The molecule has 3 atom stereocenters. The summed E-state index contributed by atoms with van der Waals surface area (Å²) < 4.78 is 0. The highest BCUT2D eigenvalue weighted by atomic mass is 16.4. The van der Waals surface area contributed by atoms with E-state index in [0.717, 1.165) is 0 Å². The van der Waals surface area contributed by atoms with Crippen molar-refractivity contribution in [2.75, 3.05) is 6.61 Å². The Balaban J connectivity index is 2.57. The van der Waals surface area contributed by atoms with Crippen molar-refractivity contribution in [1.82, 2.24) is 5.32 Å². The van der Waals surface area contributed by atoms with E-state index >= 15 is 0 Å². The van der Waals surface area contributed by atoms with Crippen molar-refractivity contribution in [2.24, 2.45) is 5.92 Å². The number of aliphatic hydroxyl groups is 2. The van der Waals surface area contributed by atoms with E-state index in [-0.39, 0.29) is 18.6 Å². The highest BCUT2D eigenvalue weighted by molar-refractivity contribution is 5.64. The molecule has 0 aromatic heterocycles. The van der Waals surface area contributed by atoms with Crippen molar-refractivity contribution >= 4 is 6.09 Å². The van der Waals surface area contributed by atoms with Gasteiger partial charge in [0, 0.05) is 18.6 Å². The molecule has 0 aliphatic heterocycles. The maximum absolute atomic E-state index is 10.4. The Kier molecular flexibility index (Phi) is 3.34. The van der Waals surface area contributed by atoms with Crippen LogP contribution in [0, 0.1) is 5.92 Å². The van der Waals surface area contributed by atoms with Crippen molar-refractivity contribution in [1.29, 1.82) is 0 Å². The Hall–Kier alpha value is -0.810. The third-order valence-corrected chi connectivity index (χ3v) is 2.81. The van der Waals surface area contributed by atoms with Crippen molar-refractivity contribution in [3.8, 4) is 0 Å². The topological polar surface area (TPSA) is 89.8 Å². The van der Waals surface area contributed by atoms with E-state index in [1.54, 1.807) is 6.92 Å². The molecular weight excluding hydrogens is 186 g/mol. The number of rotatable bonds is 2. The van der Waals surface area contributed by atoms with Crippen molar-refractivity contribution in [2.45, 2.75) is 37.8 Å². The predicted molar refractivity (Wildman–Crippen MR) is 50.0 cm³/mol. The summed E-state index contributed by atoms with van der Waals surface area (Å²) in [5, 5.41) is 29.7. The number of hydrogen-bond acceptors (Lipinski definition) is 3. The minimum Gasteiger partial charge on any atom is -0.465 e. The minimum absolute atomic E-state index is 0.0961. The molecule has 0 bridgehead atoms. The Morgan fingerprint density at radius 3 is 2.79 bits per heavy atom. The molecule has 0 aromatic carbocycles. The van der Waals surface area contributed by atoms with Gasteiger partial charge < -0.3 is 20.6 Å². The smallest absolute Gasteiger partial charge is 0.404 e. The summed E-state index contributed by atoms with van der Waals surface area (Å²) in [5.41, 5.74) is -0.774. The molecule has 4 N–H and O–H groups in total. The lowest BCUT2D eigenvalue weighted by Crippen LogP contribution is -2.48. The normalized spacial score (nSPS) is 37.9. The minimum atomic E-state index is -1.07. The number of aliphatic hydroxyl groups excluding tert-OH is 1. The molecule has 14 heavy (non-hydrogen) atoms. The SMILES string of the molecule is C[C@]1(O)CC[C@H](NC(=O)O)[C@@H](CO)C1. The second-order valence-corrected chi connectivity index (χ2v) is 4.24. The monoisotopic (exact) mass is 203 g/mol. The lowest BCUT2D eigenvalue weighted by atomic mass is 9.76. The van der Waals surface area contributed by atoms with Crippen LogP contribution in [0.3, 0.4) is 0 Å². The first-order chi connectivity index (χ1) is 6.44. The first kappa shape index (κ1) is 11.3. The van der Waals surface area contributed by atoms with Crippen LogP contribution >= 0.6 is 0 Å². The Bertz CT molecular complexity index is 217. The molecule has 0 radical (unpaired) electrons. The van der Waals surface area contributed by atoms with E-state index < -0.39 is 11.7 Å². The van der Waals surface area contributed by atoms with Crippen LogP contribution in [-0.2, 0) is 0 Å². The fourth-order valence-electron chi connectivity index (χ4n) is 2.05. The molecule has 5 heteroatoms. The highest BCUT2D eigenvalue weighted by Gasteiger charge is 2.36. The van der Waals surface area contributed by atoms with Gasteiger partial charge in [-0.05, 0) is 26.2 Å². The molecule has 0 spiro atoms. The largest absolute Gasteiger partial charge is 0.465 e. The van der Waals surface area contributed by atoms with Crippen LogP contribution in [0.5, 0.6) is 0 Å². The molecule has 1 amide bonds. The van der Waals surface area contributed by atoms with Crippen molar-refractivity contribution in [3.63, 3.8) is 0 Å². The van der Waals surface area contributed by atoms with Gasteiger partial charge in [-0.3, -0.25) is 0 Å². The second-order valence-electron chi connectivity index (χ2n) is 4.24. The van der Waals surface area contributed by atoms with Gasteiger partial charge in [0.25, 0.3) is 0 Å². The number of hydrogen-bond donors (Lipinski definition) is 4. The van der Waals surface area contributed by atoms with Crippen LogP contribution in [-0.4, -0.2) is 39.7 Å². The van der Waals surface area contributed by atoms with E-state index in [1.807, 2.05) is 0 Å². The van der Waals surface area contributed by atoms with Gasteiger partial charge in [-0.15, -0.1) is 0 Å². The lowest BCUT2D eigenvalue weighted by Gasteiger charge is -2.38. The maximum atomic E-state index is 10.4. The molecule has 1 rings (SSSR count). The summed E-state index contributed by atoms with van der Waals surface area (Å²) >= 11 is 0. The molecule has 1 aliphatic carbocycles. The molecular formula is C9H17NO4. The fourth-order valence-corrected chi connectivity index (χ4v) is 2.05. The quantitative estimate of drug-likeness (QED) is 0.515. The van der Waals surface area contributed by atoms with E-state index in [2.05, 4.69) is 5.32 Å². The molecule has 0 aromatic rings. The zero-order valence-electron chi connectivity index (χ0n) is 8.23. The van der Waals surface area contributed by atoms with E-state index in [0.29, 0.717) is 19.3 Å². The average Bonchev–Trinajstić information content (AvgIpc) is 2.07. The van der Waals surface area contributed by atoms with Crippen LogP contribution in [0.25, 0.3) is 0 Å². The van der Waals surface area contributed by atoms with Gasteiger partial charge >= 0.3 is 6.09 Å². The molecule has 0 saturated heterocycles. The molecule has 1 saturated carbocycles. The summed E-state index contributed by atoms with van der Waals surface area (Å²) in [6, 6.07) is -0.238. The Morgan fingerprint density at radius 2 is 2.29 bits per heavy atom. The average molecular weight is 203 g/mol. The molecule has 82 valence electrons. The van der Waals surface area contributed by atoms with Crippen molar-refractivity contribution in [3.05, 3.63) is 0 Å². The van der Waals surface area contributed by atoms with Gasteiger partial charge in [-0.2, -0.15) is 0 Å². The van der Waals surface area contributed by atoms with Crippen LogP contribution in [0.15, 0.2) is 0 Å². The zero-order chi connectivity index (χ0) is 10.8. The third-order valence-electron chi connectivity index (χ3n) is 2.81. The third kappa shape index (κ3) is 2.85. The van der Waals surface area contributed by atoms with Gasteiger partial charge in [0.05, 0.1) is 5.60 Å². The van der Waals surface area contributed by atoms with Gasteiger partial charge in [-0.25, -0.2) is 4.79 Å². The predicted octanol–water partition coefficient (Wildman–Crippen LogP) is 0.166. The lowest BCUT2D eigenvalue weighted by molar-refractivity contribution is -0.0227. The second kappa shape index (κ2) is 4.14. The summed E-state index contributed by atoms with van der Waals surface area (Å²) in [6.45, 7) is 1.62. The van der Waals surface area contributed by atoms with Crippen LogP contribution in [0.4, 0.5) is 4.79 Å². The molecule has 1 aliphatic rings. The maximum Gasteiger partial charge on any atom is 0.404 e. The summed E-state index contributed by atoms with van der Waals surface area (Å²) in [6.07, 6.45) is 0.503.